The molecule has 0 N–H and O–H groups in total. The molecule has 0 aromatic rings. The number of allylic oxidation sites excluding steroid dienone is 2. The Morgan fingerprint density at radius 3 is 2.50 bits per heavy atom. The van der Waals surface area contributed by atoms with Crippen molar-refractivity contribution in [2.24, 2.45) is 11.8 Å². The Kier molecular flexibility index (Phi) is 1.19. The highest BCUT2D eigenvalue weighted by Crippen LogP contribution is 2.45. The predicted molar refractivity (Wildman–Crippen MR) is 39.6 cm³/mol. The molecule has 10 heavy (non-hydrogen) atoms. The third kappa shape index (κ3) is 0.606. The van der Waals surface area contributed by atoms with E-state index in [-0.39, 0.29) is 0 Å². The van der Waals surface area contributed by atoms with Gasteiger partial charge in [0.2, 0.25) is 0 Å². The molecule has 2 bridgehead atoms. The molecular formula is C9H12O. The highest BCUT2D eigenvalue weighted by Gasteiger charge is 2.41. The summed E-state index contributed by atoms with van der Waals surface area (Å²) in [4.78, 5) is 11.3. The lowest BCUT2D eigenvalue weighted by Crippen LogP contribution is -2.11. The second-order valence-corrected chi connectivity index (χ2v) is 3.32. The summed E-state index contributed by atoms with van der Waals surface area (Å²) in [7, 11) is 0. The van der Waals surface area contributed by atoms with Gasteiger partial charge in [0.1, 0.15) is 0 Å². The van der Waals surface area contributed by atoms with E-state index in [9.17, 15) is 4.79 Å². The minimum atomic E-state index is 0.413. The van der Waals surface area contributed by atoms with Crippen LogP contribution in [-0.4, -0.2) is 5.78 Å². The van der Waals surface area contributed by atoms with Crippen LogP contribution in [0.4, 0.5) is 0 Å². The second kappa shape index (κ2) is 1.94. The molecule has 2 rings (SSSR count). The van der Waals surface area contributed by atoms with Gasteiger partial charge in [0.15, 0.2) is 5.78 Å². The van der Waals surface area contributed by atoms with Crippen LogP contribution in [0.5, 0.6) is 0 Å². The van der Waals surface area contributed by atoms with Crippen LogP contribution in [0.25, 0.3) is 0 Å². The van der Waals surface area contributed by atoms with E-state index in [0.29, 0.717) is 17.6 Å². The Labute approximate surface area is 61.1 Å². The smallest absolute Gasteiger partial charge is 0.161 e. The van der Waals surface area contributed by atoms with Crippen molar-refractivity contribution in [3.8, 4) is 0 Å². The zero-order chi connectivity index (χ0) is 7.14. The van der Waals surface area contributed by atoms with E-state index in [1.807, 2.05) is 13.0 Å². The van der Waals surface area contributed by atoms with Crippen LogP contribution in [0.15, 0.2) is 11.6 Å². The largest absolute Gasteiger partial charge is 0.294 e. The fourth-order valence-electron chi connectivity index (χ4n) is 2.32. The van der Waals surface area contributed by atoms with E-state index in [0.717, 1.165) is 18.4 Å². The number of carbonyl (C=O) groups is 1. The number of ketones is 1. The summed E-state index contributed by atoms with van der Waals surface area (Å²) < 4.78 is 0. The zero-order valence-electron chi connectivity index (χ0n) is 6.26. The fourth-order valence-corrected chi connectivity index (χ4v) is 2.32. The SMILES string of the molecule is C/C=C1\C(=O)C2CCC1C2. The van der Waals surface area contributed by atoms with E-state index < -0.39 is 0 Å². The van der Waals surface area contributed by atoms with Crippen molar-refractivity contribution in [2.45, 2.75) is 26.2 Å². The maximum Gasteiger partial charge on any atom is 0.161 e. The van der Waals surface area contributed by atoms with Crippen LogP contribution in [0, 0.1) is 11.8 Å². The quantitative estimate of drug-likeness (QED) is 0.465. The van der Waals surface area contributed by atoms with Crippen molar-refractivity contribution in [1.82, 2.24) is 0 Å². The average molecular weight is 136 g/mol. The molecule has 1 heteroatoms. The predicted octanol–water partition coefficient (Wildman–Crippen LogP) is 1.93. The highest BCUT2D eigenvalue weighted by atomic mass is 16.1. The van der Waals surface area contributed by atoms with Crippen molar-refractivity contribution < 1.29 is 4.79 Å². The maximum atomic E-state index is 11.3. The molecule has 0 saturated heterocycles. The van der Waals surface area contributed by atoms with Crippen molar-refractivity contribution in [3.63, 3.8) is 0 Å². The normalized spacial score (nSPS) is 41.7. The van der Waals surface area contributed by atoms with Gasteiger partial charge >= 0.3 is 0 Å². The Bertz CT molecular complexity index is 203. The summed E-state index contributed by atoms with van der Waals surface area (Å²) >= 11 is 0. The molecule has 0 aromatic carbocycles. The summed E-state index contributed by atoms with van der Waals surface area (Å²) in [6.45, 7) is 1.98. The first-order chi connectivity index (χ1) is 4.83. The molecule has 1 nitrogen and oxygen atoms in total. The number of carbonyl (C=O) groups excluding carboxylic acids is 1. The standard InChI is InChI=1S/C9H12O/c1-2-8-6-3-4-7(5-6)9(8)10/h2,6-7H,3-5H2,1H3/b8-2-. The van der Waals surface area contributed by atoms with Crippen molar-refractivity contribution in [1.29, 1.82) is 0 Å². The Hall–Kier alpha value is -0.590. The molecule has 2 unspecified atom stereocenters. The number of hydrogen-bond donors (Lipinski definition) is 0. The van der Waals surface area contributed by atoms with E-state index in [4.69, 9.17) is 0 Å². The Morgan fingerprint density at radius 1 is 1.40 bits per heavy atom. The van der Waals surface area contributed by atoms with Gasteiger partial charge in [-0.3, -0.25) is 4.79 Å². The summed E-state index contributed by atoms with van der Waals surface area (Å²) in [6, 6.07) is 0. The van der Waals surface area contributed by atoms with Gasteiger partial charge < -0.3 is 0 Å². The van der Waals surface area contributed by atoms with Gasteiger partial charge in [0, 0.05) is 5.92 Å². The number of rotatable bonds is 0. The van der Waals surface area contributed by atoms with Crippen LogP contribution in [0.2, 0.25) is 0 Å². The van der Waals surface area contributed by atoms with E-state index in [2.05, 4.69) is 0 Å². The Balaban J connectivity index is 2.33. The van der Waals surface area contributed by atoms with Gasteiger partial charge in [0.25, 0.3) is 0 Å². The van der Waals surface area contributed by atoms with Gasteiger partial charge in [-0.2, -0.15) is 0 Å². The molecule has 2 aliphatic carbocycles. The average Bonchev–Trinajstić information content (AvgIpc) is 2.46. The maximum absolute atomic E-state index is 11.3. The molecule has 2 fully saturated rings. The number of fused-ring (bicyclic) bond motifs is 2. The Morgan fingerprint density at radius 2 is 2.10 bits per heavy atom. The lowest BCUT2D eigenvalue weighted by molar-refractivity contribution is -0.118. The first-order valence-corrected chi connectivity index (χ1v) is 4.03. The van der Waals surface area contributed by atoms with Crippen LogP contribution in [0.3, 0.4) is 0 Å². The summed E-state index contributed by atoms with van der Waals surface area (Å²) in [5.74, 6) is 1.50. The first kappa shape index (κ1) is 6.14. The lowest BCUT2D eigenvalue weighted by atomic mass is 9.94. The summed E-state index contributed by atoms with van der Waals surface area (Å²) in [5, 5.41) is 0. The van der Waals surface area contributed by atoms with Gasteiger partial charge in [0.05, 0.1) is 0 Å². The fraction of sp³-hybridized carbons (Fsp3) is 0.667. The molecule has 0 aromatic heterocycles. The highest BCUT2D eigenvalue weighted by molar-refractivity contribution is 6.00. The van der Waals surface area contributed by atoms with E-state index in [1.165, 1.54) is 6.42 Å². The second-order valence-electron chi connectivity index (χ2n) is 3.32. The molecule has 0 aliphatic heterocycles. The molecule has 2 aliphatic rings. The topological polar surface area (TPSA) is 17.1 Å². The lowest BCUT2D eigenvalue weighted by Gasteiger charge is -2.10. The third-order valence-corrected chi connectivity index (χ3v) is 2.84. The van der Waals surface area contributed by atoms with Gasteiger partial charge in [-0.05, 0) is 37.7 Å². The van der Waals surface area contributed by atoms with Crippen LogP contribution >= 0.6 is 0 Å². The van der Waals surface area contributed by atoms with E-state index in [1.54, 1.807) is 0 Å². The summed E-state index contributed by atoms with van der Waals surface area (Å²) in [5.41, 5.74) is 1.12. The van der Waals surface area contributed by atoms with Gasteiger partial charge in [-0.1, -0.05) is 6.08 Å². The number of hydrogen-bond acceptors (Lipinski definition) is 1. The van der Waals surface area contributed by atoms with E-state index >= 15 is 0 Å². The van der Waals surface area contributed by atoms with Crippen molar-refractivity contribution >= 4 is 5.78 Å². The molecular weight excluding hydrogens is 124 g/mol. The van der Waals surface area contributed by atoms with Crippen molar-refractivity contribution in [3.05, 3.63) is 11.6 Å². The molecule has 0 amide bonds. The zero-order valence-corrected chi connectivity index (χ0v) is 6.26. The number of Topliss-reactive ketones (excluding diaryl/α,β-unsaturated/α-hetero) is 1. The molecule has 0 radical (unpaired) electrons. The third-order valence-electron chi connectivity index (χ3n) is 2.84. The van der Waals surface area contributed by atoms with Crippen molar-refractivity contribution in [2.75, 3.05) is 0 Å². The van der Waals surface area contributed by atoms with Crippen LogP contribution < -0.4 is 0 Å². The monoisotopic (exact) mass is 136 g/mol. The van der Waals surface area contributed by atoms with Gasteiger partial charge in [-0.15, -0.1) is 0 Å². The summed E-state index contributed by atoms with van der Waals surface area (Å²) in [6.07, 6.45) is 5.57. The molecule has 2 saturated carbocycles. The van der Waals surface area contributed by atoms with Crippen LogP contribution in [0.1, 0.15) is 26.2 Å². The van der Waals surface area contributed by atoms with Crippen LogP contribution in [-0.2, 0) is 4.79 Å². The molecule has 2 atom stereocenters. The molecule has 54 valence electrons. The first-order valence-electron chi connectivity index (χ1n) is 4.03. The van der Waals surface area contributed by atoms with Gasteiger partial charge in [-0.25, -0.2) is 0 Å². The minimum absolute atomic E-state index is 0.413. The molecule has 0 heterocycles. The minimum Gasteiger partial charge on any atom is -0.294 e. The molecule has 0 spiro atoms.